The molecular formula is C13H25NO4Si. The fourth-order valence-electron chi connectivity index (χ4n) is 1.97. The van der Waals surface area contributed by atoms with E-state index in [0.29, 0.717) is 19.3 Å². The number of Topliss-reactive ketones (excluding diaryl/α,β-unsaturated/α-hetero) is 1. The predicted molar refractivity (Wildman–Crippen MR) is 75.9 cm³/mol. The maximum absolute atomic E-state index is 11.6. The first kappa shape index (κ1) is 16.2. The monoisotopic (exact) mass is 287 g/mol. The number of nitrogens with one attached hydrogen (secondary N) is 1. The Labute approximate surface area is 115 Å². The first-order valence-electron chi connectivity index (χ1n) is 6.72. The molecule has 1 aliphatic carbocycles. The zero-order chi connectivity index (χ0) is 14.8. The molecule has 0 unspecified atom stereocenters. The molecule has 0 aromatic rings. The Morgan fingerprint density at radius 3 is 2.47 bits per heavy atom. The van der Waals surface area contributed by atoms with E-state index in [9.17, 15) is 9.59 Å². The zero-order valence-corrected chi connectivity index (χ0v) is 13.4. The largest absolute Gasteiger partial charge is 0.465 e. The van der Waals surface area contributed by atoms with Crippen LogP contribution < -0.4 is 5.32 Å². The van der Waals surface area contributed by atoms with E-state index in [0.717, 1.165) is 0 Å². The summed E-state index contributed by atoms with van der Waals surface area (Å²) < 4.78 is 6.22. The molecule has 0 aromatic heterocycles. The summed E-state index contributed by atoms with van der Waals surface area (Å²) in [7, 11) is -2.00. The van der Waals surface area contributed by atoms with Crippen molar-refractivity contribution in [1.29, 1.82) is 0 Å². The molecule has 1 saturated carbocycles. The molecular weight excluding hydrogens is 262 g/mol. The van der Waals surface area contributed by atoms with Crippen LogP contribution >= 0.6 is 0 Å². The smallest absolute Gasteiger partial charge is 0.404 e. The van der Waals surface area contributed by atoms with E-state index in [1.165, 1.54) is 0 Å². The normalized spacial score (nSPS) is 25.2. The third-order valence-electron chi connectivity index (χ3n) is 4.17. The Morgan fingerprint density at radius 2 is 2.00 bits per heavy atom. The van der Waals surface area contributed by atoms with Crippen molar-refractivity contribution in [3.05, 3.63) is 0 Å². The van der Waals surface area contributed by atoms with Gasteiger partial charge in [-0.15, -0.1) is 0 Å². The SMILES string of the molecule is CC(C)(C)[Si](C)(C)O[C@H]1CC(=O)CC[C@@H]1NC(=O)O. The van der Waals surface area contributed by atoms with Crippen LogP contribution in [0.2, 0.25) is 18.1 Å². The van der Waals surface area contributed by atoms with Crippen LogP contribution in [-0.2, 0) is 9.22 Å². The summed E-state index contributed by atoms with van der Waals surface area (Å²) in [6.07, 6.45) is -0.0918. The highest BCUT2D eigenvalue weighted by Crippen LogP contribution is 2.38. The molecule has 0 aliphatic heterocycles. The third-order valence-corrected chi connectivity index (χ3v) is 8.68. The van der Waals surface area contributed by atoms with Gasteiger partial charge in [0.25, 0.3) is 0 Å². The van der Waals surface area contributed by atoms with Crippen LogP contribution in [0.5, 0.6) is 0 Å². The Balaban J connectivity index is 2.80. The molecule has 110 valence electrons. The van der Waals surface area contributed by atoms with Crippen molar-refractivity contribution in [3.8, 4) is 0 Å². The summed E-state index contributed by atoms with van der Waals surface area (Å²) in [6.45, 7) is 10.6. The Morgan fingerprint density at radius 1 is 1.42 bits per heavy atom. The summed E-state index contributed by atoms with van der Waals surface area (Å²) in [5.74, 6) is 0.159. The van der Waals surface area contributed by atoms with Crippen molar-refractivity contribution in [2.45, 2.75) is 70.3 Å². The zero-order valence-electron chi connectivity index (χ0n) is 12.4. The van der Waals surface area contributed by atoms with Gasteiger partial charge in [-0.2, -0.15) is 0 Å². The Bertz CT molecular complexity index is 362. The highest BCUT2D eigenvalue weighted by molar-refractivity contribution is 6.74. The molecule has 1 rings (SSSR count). The van der Waals surface area contributed by atoms with Crippen molar-refractivity contribution >= 4 is 20.2 Å². The van der Waals surface area contributed by atoms with Crippen LogP contribution in [0.3, 0.4) is 0 Å². The van der Waals surface area contributed by atoms with E-state index in [-0.39, 0.29) is 23.0 Å². The molecule has 5 nitrogen and oxygen atoms in total. The lowest BCUT2D eigenvalue weighted by molar-refractivity contribution is -0.123. The van der Waals surface area contributed by atoms with Crippen molar-refractivity contribution in [2.24, 2.45) is 0 Å². The minimum atomic E-state index is -2.00. The van der Waals surface area contributed by atoms with Gasteiger partial charge in [-0.1, -0.05) is 20.8 Å². The molecule has 0 radical (unpaired) electrons. The molecule has 1 aliphatic rings. The number of rotatable bonds is 3. The molecule has 2 N–H and O–H groups in total. The Hall–Kier alpha value is -0.883. The van der Waals surface area contributed by atoms with Crippen LogP contribution in [-0.4, -0.2) is 37.4 Å². The van der Waals surface area contributed by atoms with Crippen molar-refractivity contribution in [3.63, 3.8) is 0 Å². The quantitative estimate of drug-likeness (QED) is 0.783. The van der Waals surface area contributed by atoms with Crippen LogP contribution in [0.25, 0.3) is 0 Å². The molecule has 2 atom stereocenters. The van der Waals surface area contributed by atoms with E-state index in [1.54, 1.807) is 0 Å². The standard InChI is InChI=1S/C13H25NO4Si/c1-13(2,3)19(4,5)18-11-8-9(15)6-7-10(11)14-12(16)17/h10-11,14H,6-8H2,1-5H3,(H,16,17)/t10-,11-/m0/s1. The molecule has 1 fully saturated rings. The van der Waals surface area contributed by atoms with Crippen molar-refractivity contribution < 1.29 is 19.1 Å². The summed E-state index contributed by atoms with van der Waals surface area (Å²) in [6, 6.07) is -0.274. The molecule has 0 heterocycles. The van der Waals surface area contributed by atoms with Crippen LogP contribution in [0.15, 0.2) is 0 Å². The number of carbonyl (C=O) groups is 2. The fourth-order valence-corrected chi connectivity index (χ4v) is 3.33. The van der Waals surface area contributed by atoms with Gasteiger partial charge in [0, 0.05) is 12.8 Å². The number of ketones is 1. The summed E-state index contributed by atoms with van der Waals surface area (Å²) in [4.78, 5) is 22.4. The van der Waals surface area contributed by atoms with Gasteiger partial charge < -0.3 is 14.8 Å². The fraction of sp³-hybridized carbons (Fsp3) is 0.846. The lowest BCUT2D eigenvalue weighted by Crippen LogP contribution is -2.53. The van der Waals surface area contributed by atoms with Crippen LogP contribution in [0.4, 0.5) is 4.79 Å². The highest BCUT2D eigenvalue weighted by atomic mass is 28.4. The number of hydrogen-bond donors (Lipinski definition) is 2. The van der Waals surface area contributed by atoms with Gasteiger partial charge in [0.05, 0.1) is 12.1 Å². The minimum Gasteiger partial charge on any atom is -0.465 e. The molecule has 0 saturated heterocycles. The predicted octanol–water partition coefficient (Wildman–Crippen LogP) is 2.77. The van der Waals surface area contributed by atoms with E-state index < -0.39 is 14.4 Å². The van der Waals surface area contributed by atoms with Gasteiger partial charge in [0.1, 0.15) is 5.78 Å². The summed E-state index contributed by atoms with van der Waals surface area (Å²) in [5, 5.41) is 11.4. The van der Waals surface area contributed by atoms with Crippen LogP contribution in [0.1, 0.15) is 40.0 Å². The maximum atomic E-state index is 11.6. The molecule has 6 heteroatoms. The number of carbonyl (C=O) groups excluding carboxylic acids is 1. The summed E-state index contributed by atoms with van der Waals surface area (Å²) >= 11 is 0. The summed E-state index contributed by atoms with van der Waals surface area (Å²) in [5.41, 5.74) is 0. The topological polar surface area (TPSA) is 75.6 Å². The van der Waals surface area contributed by atoms with E-state index in [1.807, 2.05) is 0 Å². The van der Waals surface area contributed by atoms with E-state index >= 15 is 0 Å². The van der Waals surface area contributed by atoms with Gasteiger partial charge in [0.15, 0.2) is 8.32 Å². The number of amides is 1. The first-order chi connectivity index (χ1) is 8.53. The maximum Gasteiger partial charge on any atom is 0.404 e. The van der Waals surface area contributed by atoms with Gasteiger partial charge in [-0.3, -0.25) is 4.79 Å². The first-order valence-corrected chi connectivity index (χ1v) is 9.63. The lowest BCUT2D eigenvalue weighted by atomic mass is 9.92. The van der Waals surface area contributed by atoms with Crippen LogP contribution in [0, 0.1) is 0 Å². The second kappa shape index (κ2) is 5.62. The average Bonchev–Trinajstić information content (AvgIpc) is 2.19. The molecule has 0 bridgehead atoms. The van der Waals surface area contributed by atoms with Gasteiger partial charge in [-0.25, -0.2) is 4.79 Å². The second-order valence-electron chi connectivity index (χ2n) is 6.75. The minimum absolute atomic E-state index is 0.0429. The average molecular weight is 287 g/mol. The number of carboxylic acid groups (broad SMARTS) is 1. The highest BCUT2D eigenvalue weighted by Gasteiger charge is 2.42. The van der Waals surface area contributed by atoms with E-state index in [2.05, 4.69) is 39.2 Å². The number of hydrogen-bond acceptors (Lipinski definition) is 3. The van der Waals surface area contributed by atoms with Crippen molar-refractivity contribution in [1.82, 2.24) is 5.32 Å². The molecule has 0 aromatic carbocycles. The van der Waals surface area contributed by atoms with Gasteiger partial charge in [-0.05, 0) is 24.6 Å². The van der Waals surface area contributed by atoms with Gasteiger partial charge >= 0.3 is 6.09 Å². The second-order valence-corrected chi connectivity index (χ2v) is 11.5. The molecule has 0 spiro atoms. The van der Waals surface area contributed by atoms with E-state index in [4.69, 9.17) is 9.53 Å². The van der Waals surface area contributed by atoms with Gasteiger partial charge in [0.2, 0.25) is 0 Å². The molecule has 19 heavy (non-hydrogen) atoms. The Kier molecular flexibility index (Phi) is 4.79. The third kappa shape index (κ3) is 4.31. The molecule has 1 amide bonds. The van der Waals surface area contributed by atoms with Crippen molar-refractivity contribution in [2.75, 3.05) is 0 Å². The lowest BCUT2D eigenvalue weighted by Gasteiger charge is -2.42.